The van der Waals surface area contributed by atoms with E-state index in [0.29, 0.717) is 0 Å². The molecule has 1 fully saturated rings. The number of benzene rings is 1. The fourth-order valence-corrected chi connectivity index (χ4v) is 4.27. The second-order valence-electron chi connectivity index (χ2n) is 6.40. The molecule has 0 N–H and O–H groups in total. The predicted molar refractivity (Wildman–Crippen MR) is 103 cm³/mol. The van der Waals surface area contributed by atoms with E-state index in [2.05, 4.69) is 17.1 Å². The second kappa shape index (κ2) is 8.58. The zero-order valence-corrected chi connectivity index (χ0v) is 16.5. The number of aromatic nitrogens is 3. The van der Waals surface area contributed by atoms with Crippen molar-refractivity contribution >= 4 is 17.7 Å². The molecule has 26 heavy (non-hydrogen) atoms. The van der Waals surface area contributed by atoms with Gasteiger partial charge in [0.1, 0.15) is 5.75 Å². The number of methoxy groups -OCH3 is 1. The molecule has 6 nitrogen and oxygen atoms in total. The van der Waals surface area contributed by atoms with Crippen LogP contribution < -0.4 is 4.74 Å². The van der Waals surface area contributed by atoms with Crippen LogP contribution in [0, 0.1) is 0 Å². The average molecular weight is 375 g/mol. The Morgan fingerprint density at radius 3 is 2.65 bits per heavy atom. The third-order valence-corrected chi connectivity index (χ3v) is 5.75. The standard InChI is InChI=1S/C19H26N4O2S/c1-4-23-17(15-10-6-7-11-16(15)25-3)20-21-19(23)26-14(2)18(24)22-12-8-5-9-13-22/h6-7,10-11,14H,4-5,8-9,12-13H2,1-3H3. The van der Waals surface area contributed by atoms with E-state index in [1.165, 1.54) is 18.2 Å². The predicted octanol–water partition coefficient (Wildman–Crippen LogP) is 3.47. The number of ether oxygens (including phenoxy) is 1. The van der Waals surface area contributed by atoms with Crippen molar-refractivity contribution < 1.29 is 9.53 Å². The Labute approximate surface area is 158 Å². The van der Waals surface area contributed by atoms with Gasteiger partial charge in [0.05, 0.1) is 17.9 Å². The largest absolute Gasteiger partial charge is 0.496 e. The number of piperidine rings is 1. The van der Waals surface area contributed by atoms with E-state index in [0.717, 1.165) is 54.8 Å². The summed E-state index contributed by atoms with van der Waals surface area (Å²) in [5.74, 6) is 1.73. The maximum atomic E-state index is 12.7. The number of nitrogens with zero attached hydrogens (tertiary/aromatic N) is 4. The van der Waals surface area contributed by atoms with Crippen LogP contribution >= 0.6 is 11.8 Å². The molecule has 0 aliphatic carbocycles. The van der Waals surface area contributed by atoms with Crippen molar-refractivity contribution in [2.24, 2.45) is 0 Å². The van der Waals surface area contributed by atoms with Crippen LogP contribution in [0.2, 0.25) is 0 Å². The van der Waals surface area contributed by atoms with E-state index in [9.17, 15) is 4.79 Å². The number of para-hydroxylation sites is 1. The van der Waals surface area contributed by atoms with Gasteiger partial charge in [0.25, 0.3) is 0 Å². The van der Waals surface area contributed by atoms with Gasteiger partial charge in [-0.2, -0.15) is 0 Å². The summed E-state index contributed by atoms with van der Waals surface area (Å²) in [6.45, 7) is 6.49. The Bertz CT molecular complexity index is 756. The van der Waals surface area contributed by atoms with Crippen LogP contribution in [0.25, 0.3) is 11.4 Å². The molecule has 3 rings (SSSR count). The van der Waals surface area contributed by atoms with Gasteiger partial charge >= 0.3 is 0 Å². The minimum atomic E-state index is -0.173. The summed E-state index contributed by atoms with van der Waals surface area (Å²) in [6, 6.07) is 7.79. The molecule has 1 aliphatic heterocycles. The first kappa shape index (κ1) is 18.8. The number of rotatable bonds is 6. The number of hydrogen-bond acceptors (Lipinski definition) is 5. The third-order valence-electron chi connectivity index (χ3n) is 4.68. The molecular weight excluding hydrogens is 348 g/mol. The Hall–Kier alpha value is -2.02. The molecule has 1 atom stereocenters. The van der Waals surface area contributed by atoms with E-state index in [-0.39, 0.29) is 11.2 Å². The van der Waals surface area contributed by atoms with Gasteiger partial charge in [-0.05, 0) is 45.2 Å². The maximum absolute atomic E-state index is 12.7. The Kier molecular flexibility index (Phi) is 6.19. The molecule has 2 heterocycles. The molecule has 1 unspecified atom stereocenters. The van der Waals surface area contributed by atoms with Crippen molar-refractivity contribution in [2.45, 2.75) is 50.1 Å². The highest BCUT2D eigenvalue weighted by Gasteiger charge is 2.25. The maximum Gasteiger partial charge on any atom is 0.235 e. The van der Waals surface area contributed by atoms with Crippen LogP contribution in [-0.4, -0.2) is 51.0 Å². The number of thioether (sulfide) groups is 1. The molecule has 1 aromatic carbocycles. The van der Waals surface area contributed by atoms with Gasteiger partial charge < -0.3 is 14.2 Å². The quantitative estimate of drug-likeness (QED) is 0.725. The number of amides is 1. The highest BCUT2D eigenvalue weighted by Crippen LogP contribution is 2.32. The molecule has 7 heteroatoms. The molecule has 1 amide bonds. The topological polar surface area (TPSA) is 60.2 Å². The fraction of sp³-hybridized carbons (Fsp3) is 0.526. The van der Waals surface area contributed by atoms with Gasteiger partial charge in [-0.25, -0.2) is 0 Å². The summed E-state index contributed by atoms with van der Waals surface area (Å²) in [5.41, 5.74) is 0.909. The summed E-state index contributed by atoms with van der Waals surface area (Å²) in [5, 5.41) is 9.33. The lowest BCUT2D eigenvalue weighted by molar-refractivity contribution is -0.131. The van der Waals surface area contributed by atoms with Crippen LogP contribution in [0.5, 0.6) is 5.75 Å². The molecule has 0 radical (unpaired) electrons. The van der Waals surface area contributed by atoms with Crippen molar-refractivity contribution in [2.75, 3.05) is 20.2 Å². The Morgan fingerprint density at radius 1 is 1.23 bits per heavy atom. The van der Waals surface area contributed by atoms with Crippen LogP contribution in [0.1, 0.15) is 33.1 Å². The van der Waals surface area contributed by atoms with E-state index in [1.807, 2.05) is 40.7 Å². The lowest BCUT2D eigenvalue weighted by atomic mass is 10.1. The number of likely N-dealkylation sites (tertiary alicyclic amines) is 1. The van der Waals surface area contributed by atoms with Crippen molar-refractivity contribution in [1.82, 2.24) is 19.7 Å². The fourth-order valence-electron chi connectivity index (χ4n) is 3.27. The number of carbonyl (C=O) groups is 1. The van der Waals surface area contributed by atoms with Gasteiger partial charge in [0.15, 0.2) is 11.0 Å². The number of carbonyl (C=O) groups excluding carboxylic acids is 1. The normalized spacial score (nSPS) is 15.7. The molecule has 0 saturated carbocycles. The highest BCUT2D eigenvalue weighted by atomic mass is 32.2. The molecule has 2 aromatic rings. The summed E-state index contributed by atoms with van der Waals surface area (Å²) < 4.78 is 7.50. The summed E-state index contributed by atoms with van der Waals surface area (Å²) in [6.07, 6.45) is 3.43. The SMILES string of the molecule is CCn1c(SC(C)C(=O)N2CCCCC2)nnc1-c1ccccc1OC. The smallest absolute Gasteiger partial charge is 0.235 e. The van der Waals surface area contributed by atoms with Gasteiger partial charge in [-0.3, -0.25) is 4.79 Å². The van der Waals surface area contributed by atoms with Crippen molar-refractivity contribution in [3.8, 4) is 17.1 Å². The summed E-state index contributed by atoms with van der Waals surface area (Å²) in [7, 11) is 1.65. The van der Waals surface area contributed by atoms with E-state index in [4.69, 9.17) is 4.74 Å². The molecule has 1 aliphatic rings. The average Bonchev–Trinajstić information content (AvgIpc) is 3.10. The van der Waals surface area contributed by atoms with E-state index < -0.39 is 0 Å². The zero-order valence-electron chi connectivity index (χ0n) is 15.6. The monoisotopic (exact) mass is 374 g/mol. The summed E-state index contributed by atoms with van der Waals surface area (Å²) in [4.78, 5) is 14.7. The zero-order chi connectivity index (χ0) is 18.5. The second-order valence-corrected chi connectivity index (χ2v) is 7.70. The molecule has 1 aromatic heterocycles. The first-order valence-electron chi connectivity index (χ1n) is 9.17. The summed E-state index contributed by atoms with van der Waals surface area (Å²) >= 11 is 1.48. The van der Waals surface area contributed by atoms with Crippen molar-refractivity contribution in [1.29, 1.82) is 0 Å². The first-order chi connectivity index (χ1) is 12.7. The Balaban J connectivity index is 1.81. The van der Waals surface area contributed by atoms with Gasteiger partial charge in [0, 0.05) is 19.6 Å². The third kappa shape index (κ3) is 3.87. The minimum Gasteiger partial charge on any atom is -0.496 e. The van der Waals surface area contributed by atoms with Crippen molar-refractivity contribution in [3.63, 3.8) is 0 Å². The Morgan fingerprint density at radius 2 is 1.96 bits per heavy atom. The lowest BCUT2D eigenvalue weighted by Gasteiger charge is -2.28. The molecule has 1 saturated heterocycles. The lowest BCUT2D eigenvalue weighted by Crippen LogP contribution is -2.40. The van der Waals surface area contributed by atoms with Crippen LogP contribution in [0.15, 0.2) is 29.4 Å². The van der Waals surface area contributed by atoms with E-state index in [1.54, 1.807) is 7.11 Å². The highest BCUT2D eigenvalue weighted by molar-refractivity contribution is 8.00. The number of hydrogen-bond donors (Lipinski definition) is 0. The van der Waals surface area contributed by atoms with E-state index >= 15 is 0 Å². The first-order valence-corrected chi connectivity index (χ1v) is 10.1. The van der Waals surface area contributed by atoms with Crippen LogP contribution in [-0.2, 0) is 11.3 Å². The molecule has 140 valence electrons. The minimum absolute atomic E-state index is 0.173. The van der Waals surface area contributed by atoms with Crippen LogP contribution in [0.4, 0.5) is 0 Å². The van der Waals surface area contributed by atoms with Gasteiger partial charge in [-0.15, -0.1) is 10.2 Å². The molecule has 0 spiro atoms. The molecule has 0 bridgehead atoms. The molecular formula is C19H26N4O2S. The van der Waals surface area contributed by atoms with Crippen LogP contribution in [0.3, 0.4) is 0 Å². The van der Waals surface area contributed by atoms with Crippen molar-refractivity contribution in [3.05, 3.63) is 24.3 Å². The van der Waals surface area contributed by atoms with Gasteiger partial charge in [0.2, 0.25) is 5.91 Å². The van der Waals surface area contributed by atoms with Gasteiger partial charge in [-0.1, -0.05) is 23.9 Å².